The number of hydrogen-bond donors (Lipinski definition) is 1. The van der Waals surface area contributed by atoms with Gasteiger partial charge in [-0.1, -0.05) is 105 Å². The summed E-state index contributed by atoms with van der Waals surface area (Å²) in [6.45, 7) is 8.26. The van der Waals surface area contributed by atoms with Crippen molar-refractivity contribution in [1.82, 2.24) is 0 Å². The topological polar surface area (TPSA) is 57.6 Å². The highest BCUT2D eigenvalue weighted by atomic mass is 35.5. The van der Waals surface area contributed by atoms with Crippen LogP contribution in [-0.2, 0) is 15.0 Å². The predicted octanol–water partition coefficient (Wildman–Crippen LogP) is 7.73. The average Bonchev–Trinajstić information content (AvgIpc) is 3.14. The van der Waals surface area contributed by atoms with Crippen LogP contribution in [0.15, 0.2) is 90.5 Å². The number of anilines is 1. The Morgan fingerprint density at radius 2 is 1.57 bits per heavy atom. The first-order valence-electron chi connectivity index (χ1n) is 12.2. The van der Waals surface area contributed by atoms with Crippen molar-refractivity contribution in [3.05, 3.63) is 118 Å². The minimum absolute atomic E-state index is 0.0595. The lowest BCUT2D eigenvalue weighted by Gasteiger charge is -2.28. The van der Waals surface area contributed by atoms with E-state index in [0.29, 0.717) is 16.3 Å². The van der Waals surface area contributed by atoms with Crippen LogP contribution in [0.2, 0.25) is 5.02 Å². The van der Waals surface area contributed by atoms with Crippen LogP contribution >= 0.6 is 11.6 Å². The molecule has 4 aromatic carbocycles. The molecule has 37 heavy (non-hydrogen) atoms. The van der Waals surface area contributed by atoms with Gasteiger partial charge >= 0.3 is 0 Å². The van der Waals surface area contributed by atoms with Crippen LogP contribution in [0.5, 0.6) is 0 Å². The van der Waals surface area contributed by atoms with E-state index in [0.717, 1.165) is 27.5 Å². The third-order valence-corrected chi connectivity index (χ3v) is 7.25. The number of ketones is 1. The Morgan fingerprint density at radius 3 is 2.27 bits per heavy atom. The number of nitrogens with zero attached hydrogens (tertiary/aromatic N) is 1. The first-order valence-corrected chi connectivity index (χ1v) is 12.6. The number of aliphatic hydroxyl groups excluding tert-OH is 1. The fourth-order valence-electron chi connectivity index (χ4n) is 4.98. The zero-order chi connectivity index (χ0) is 26.5. The van der Waals surface area contributed by atoms with Gasteiger partial charge in [-0.2, -0.15) is 0 Å². The van der Waals surface area contributed by atoms with Crippen molar-refractivity contribution in [2.45, 2.75) is 39.2 Å². The number of rotatable bonds is 3. The van der Waals surface area contributed by atoms with Gasteiger partial charge in [0.2, 0.25) is 0 Å². The monoisotopic (exact) mass is 509 g/mol. The maximum atomic E-state index is 13.6. The van der Waals surface area contributed by atoms with Gasteiger partial charge in [0.25, 0.3) is 11.7 Å². The van der Waals surface area contributed by atoms with E-state index in [4.69, 9.17) is 11.6 Å². The molecule has 0 aromatic heterocycles. The third kappa shape index (κ3) is 4.32. The van der Waals surface area contributed by atoms with Crippen molar-refractivity contribution in [3.8, 4) is 0 Å². The Balaban J connectivity index is 1.78. The summed E-state index contributed by atoms with van der Waals surface area (Å²) < 4.78 is 0. The van der Waals surface area contributed by atoms with Gasteiger partial charge in [0.1, 0.15) is 5.76 Å². The summed E-state index contributed by atoms with van der Waals surface area (Å²) in [7, 11) is 0. The Hall–Kier alpha value is -3.89. The molecule has 1 heterocycles. The van der Waals surface area contributed by atoms with Crippen LogP contribution in [0, 0.1) is 6.92 Å². The number of carbonyl (C=O) groups excluding carboxylic acids is 2. The van der Waals surface area contributed by atoms with Crippen LogP contribution in [-0.4, -0.2) is 16.8 Å². The zero-order valence-electron chi connectivity index (χ0n) is 21.2. The van der Waals surface area contributed by atoms with Gasteiger partial charge in [0, 0.05) is 16.3 Å². The summed E-state index contributed by atoms with van der Waals surface area (Å²) in [5.41, 5.74) is 3.70. The number of carbonyl (C=O) groups is 2. The Kier molecular flexibility index (Phi) is 6.17. The molecule has 1 aliphatic rings. The summed E-state index contributed by atoms with van der Waals surface area (Å²) >= 11 is 6.32. The summed E-state index contributed by atoms with van der Waals surface area (Å²) in [5, 5.41) is 13.9. The van der Waals surface area contributed by atoms with Gasteiger partial charge in [0.05, 0.1) is 11.6 Å². The van der Waals surface area contributed by atoms with Gasteiger partial charge in [-0.15, -0.1) is 0 Å². The van der Waals surface area contributed by atoms with Gasteiger partial charge in [-0.05, 0) is 51.9 Å². The largest absolute Gasteiger partial charge is 0.507 e. The molecule has 1 unspecified atom stereocenters. The molecule has 0 radical (unpaired) electrons. The van der Waals surface area contributed by atoms with Crippen LogP contribution < -0.4 is 4.90 Å². The number of aryl methyl sites for hydroxylation is 1. The second-order valence-corrected chi connectivity index (χ2v) is 10.9. The normalized spacial score (nSPS) is 17.5. The molecule has 0 spiro atoms. The molecule has 1 N–H and O–H groups in total. The highest BCUT2D eigenvalue weighted by Gasteiger charge is 2.47. The fourth-order valence-corrected chi connectivity index (χ4v) is 5.15. The maximum absolute atomic E-state index is 13.6. The second-order valence-electron chi connectivity index (χ2n) is 10.5. The molecular formula is C32H28ClNO3. The standard InChI is InChI=1S/C32H28ClNO3/c1-19-12-17-23(33)18-26(19)34-28(21-13-15-22(16-14-21)32(2,3)4)27(30(36)31(34)37)29(35)25-11-7-9-20-8-5-6-10-24(20)25/h5-18,28,35H,1-4H3/b29-27-. The molecule has 5 heteroatoms. The van der Waals surface area contributed by atoms with Crippen LogP contribution in [0.1, 0.15) is 49.1 Å². The molecule has 1 fully saturated rings. The number of Topliss-reactive ketones (excluding diaryl/α,β-unsaturated/α-hetero) is 1. The quantitative estimate of drug-likeness (QED) is 0.175. The van der Waals surface area contributed by atoms with Crippen molar-refractivity contribution in [3.63, 3.8) is 0 Å². The van der Waals surface area contributed by atoms with Gasteiger partial charge in [0.15, 0.2) is 0 Å². The summed E-state index contributed by atoms with van der Waals surface area (Å²) in [6.07, 6.45) is 0. The summed E-state index contributed by atoms with van der Waals surface area (Å²) in [4.78, 5) is 28.6. The average molecular weight is 510 g/mol. The second kappa shape index (κ2) is 9.20. The van der Waals surface area contributed by atoms with Crippen molar-refractivity contribution in [2.75, 3.05) is 4.90 Å². The van der Waals surface area contributed by atoms with E-state index < -0.39 is 17.7 Å². The minimum atomic E-state index is -0.815. The zero-order valence-corrected chi connectivity index (χ0v) is 22.0. The van der Waals surface area contributed by atoms with Crippen molar-refractivity contribution in [2.24, 2.45) is 0 Å². The predicted molar refractivity (Wildman–Crippen MR) is 150 cm³/mol. The van der Waals surface area contributed by atoms with E-state index in [1.165, 1.54) is 4.90 Å². The molecule has 1 atom stereocenters. The van der Waals surface area contributed by atoms with E-state index in [-0.39, 0.29) is 16.7 Å². The smallest absolute Gasteiger partial charge is 0.300 e. The van der Waals surface area contributed by atoms with E-state index in [1.807, 2.05) is 73.7 Å². The summed E-state index contributed by atoms with van der Waals surface area (Å²) in [6, 6.07) is 25.5. The molecule has 0 bridgehead atoms. The van der Waals surface area contributed by atoms with E-state index in [1.54, 1.807) is 18.2 Å². The van der Waals surface area contributed by atoms with Crippen molar-refractivity contribution < 1.29 is 14.7 Å². The third-order valence-electron chi connectivity index (χ3n) is 7.01. The number of fused-ring (bicyclic) bond motifs is 1. The molecule has 186 valence electrons. The van der Waals surface area contributed by atoms with Crippen molar-refractivity contribution in [1.29, 1.82) is 0 Å². The Bertz CT molecular complexity index is 1570. The van der Waals surface area contributed by atoms with Crippen LogP contribution in [0.25, 0.3) is 16.5 Å². The minimum Gasteiger partial charge on any atom is -0.507 e. The van der Waals surface area contributed by atoms with Crippen molar-refractivity contribution >= 4 is 45.5 Å². The number of amides is 1. The van der Waals surface area contributed by atoms with Crippen LogP contribution in [0.3, 0.4) is 0 Å². The lowest BCUT2D eigenvalue weighted by atomic mass is 9.85. The van der Waals surface area contributed by atoms with E-state index in [9.17, 15) is 14.7 Å². The maximum Gasteiger partial charge on any atom is 0.300 e. The number of aliphatic hydroxyl groups is 1. The first-order chi connectivity index (χ1) is 17.6. The van der Waals surface area contributed by atoms with Gasteiger partial charge in [-0.25, -0.2) is 0 Å². The molecule has 0 aliphatic carbocycles. The molecule has 1 aliphatic heterocycles. The number of halogens is 1. The van der Waals surface area contributed by atoms with E-state index >= 15 is 0 Å². The molecule has 1 saturated heterocycles. The SMILES string of the molecule is Cc1ccc(Cl)cc1N1C(=O)C(=O)/C(=C(\O)c2cccc3ccccc23)C1c1ccc(C(C)(C)C)cc1. The highest BCUT2D eigenvalue weighted by Crippen LogP contribution is 2.44. The highest BCUT2D eigenvalue weighted by molar-refractivity contribution is 6.52. The van der Waals surface area contributed by atoms with Gasteiger partial charge in [-0.3, -0.25) is 14.5 Å². The Labute approximate surface area is 221 Å². The van der Waals surface area contributed by atoms with Gasteiger partial charge < -0.3 is 5.11 Å². The fraction of sp³-hybridized carbons (Fsp3) is 0.188. The molecule has 4 nitrogen and oxygen atoms in total. The number of hydrogen-bond acceptors (Lipinski definition) is 3. The van der Waals surface area contributed by atoms with E-state index in [2.05, 4.69) is 20.8 Å². The lowest BCUT2D eigenvalue weighted by molar-refractivity contribution is -0.132. The first kappa shape index (κ1) is 24.8. The molecule has 5 rings (SSSR count). The lowest BCUT2D eigenvalue weighted by Crippen LogP contribution is -2.30. The Morgan fingerprint density at radius 1 is 0.892 bits per heavy atom. The number of benzene rings is 4. The van der Waals surface area contributed by atoms with Crippen LogP contribution in [0.4, 0.5) is 5.69 Å². The molecule has 0 saturated carbocycles. The summed E-state index contributed by atoms with van der Waals surface area (Å²) in [5.74, 6) is -1.62. The molecule has 4 aromatic rings. The molecular weight excluding hydrogens is 482 g/mol. The molecule has 1 amide bonds.